The maximum absolute atomic E-state index is 13.9. The van der Waals surface area contributed by atoms with Crippen molar-refractivity contribution in [3.8, 4) is 5.75 Å². The number of rotatable bonds is 3. The highest BCUT2D eigenvalue weighted by Crippen LogP contribution is 2.44. The zero-order valence-corrected chi connectivity index (χ0v) is 15.4. The highest BCUT2D eigenvalue weighted by atomic mass is 19.1. The van der Waals surface area contributed by atoms with Gasteiger partial charge in [0, 0.05) is 0 Å². The van der Waals surface area contributed by atoms with E-state index in [-0.39, 0.29) is 40.7 Å². The molecule has 28 heavy (non-hydrogen) atoms. The summed E-state index contributed by atoms with van der Waals surface area (Å²) in [6.07, 6.45) is 2.28. The van der Waals surface area contributed by atoms with E-state index in [4.69, 9.17) is 4.74 Å². The van der Waals surface area contributed by atoms with E-state index in [1.165, 1.54) is 30.3 Å². The number of esters is 1. The van der Waals surface area contributed by atoms with Gasteiger partial charge in [-0.05, 0) is 49.4 Å². The first-order chi connectivity index (χ1) is 13.5. The molecule has 1 aliphatic heterocycles. The normalized spacial score (nSPS) is 24.2. The molecule has 144 valence electrons. The fourth-order valence-electron chi connectivity index (χ4n) is 4.14. The minimum Gasteiger partial charge on any atom is -0.421 e. The number of imide groups is 1. The Labute approximate surface area is 162 Å². The van der Waals surface area contributed by atoms with Crippen molar-refractivity contribution in [2.24, 2.45) is 17.8 Å². The Morgan fingerprint density at radius 1 is 1.00 bits per heavy atom. The van der Waals surface area contributed by atoms with Crippen LogP contribution < -0.4 is 9.64 Å². The van der Waals surface area contributed by atoms with Gasteiger partial charge >= 0.3 is 5.97 Å². The minimum absolute atomic E-state index is 0.0594. The molecule has 2 aliphatic rings. The second-order valence-corrected chi connectivity index (χ2v) is 7.48. The summed E-state index contributed by atoms with van der Waals surface area (Å²) in [7, 11) is 0. The Morgan fingerprint density at radius 2 is 1.68 bits per heavy atom. The van der Waals surface area contributed by atoms with Gasteiger partial charge in [0.2, 0.25) is 11.8 Å². The summed E-state index contributed by atoms with van der Waals surface area (Å²) in [4.78, 5) is 39.4. The smallest absolute Gasteiger partial charge is 0.346 e. The van der Waals surface area contributed by atoms with Crippen LogP contribution in [0.15, 0.2) is 48.5 Å². The van der Waals surface area contributed by atoms with Crippen molar-refractivity contribution in [1.82, 2.24) is 0 Å². The quantitative estimate of drug-likeness (QED) is 0.458. The number of amides is 2. The topological polar surface area (TPSA) is 63.7 Å². The third-order valence-corrected chi connectivity index (χ3v) is 5.59. The monoisotopic (exact) mass is 381 g/mol. The first-order valence-electron chi connectivity index (χ1n) is 9.41. The van der Waals surface area contributed by atoms with Crippen molar-refractivity contribution in [3.05, 3.63) is 59.9 Å². The zero-order valence-electron chi connectivity index (χ0n) is 15.4. The van der Waals surface area contributed by atoms with Crippen LogP contribution in [0, 0.1) is 23.6 Å². The summed E-state index contributed by atoms with van der Waals surface area (Å²) in [6.45, 7) is 2.08. The number of nitrogens with zero attached hydrogens (tertiary/aromatic N) is 1. The number of hydrogen-bond acceptors (Lipinski definition) is 4. The van der Waals surface area contributed by atoms with E-state index in [1.54, 1.807) is 18.2 Å². The van der Waals surface area contributed by atoms with Crippen LogP contribution >= 0.6 is 0 Å². The highest BCUT2D eigenvalue weighted by molar-refractivity contribution is 6.22. The summed E-state index contributed by atoms with van der Waals surface area (Å²) >= 11 is 0. The fraction of sp³-hybridized carbons (Fsp3) is 0.318. The lowest BCUT2D eigenvalue weighted by Crippen LogP contribution is -2.31. The molecule has 5 nitrogen and oxygen atoms in total. The number of halogens is 1. The van der Waals surface area contributed by atoms with Gasteiger partial charge in [0.15, 0.2) is 5.75 Å². The highest BCUT2D eigenvalue weighted by Gasteiger charge is 2.50. The van der Waals surface area contributed by atoms with E-state index in [1.807, 2.05) is 0 Å². The molecule has 2 aromatic carbocycles. The first-order valence-corrected chi connectivity index (χ1v) is 9.41. The molecule has 0 spiro atoms. The van der Waals surface area contributed by atoms with Crippen LogP contribution in [0.2, 0.25) is 0 Å². The van der Waals surface area contributed by atoms with Crippen molar-refractivity contribution in [3.63, 3.8) is 0 Å². The number of hydrogen-bond donors (Lipinski definition) is 0. The number of ether oxygens (including phenoxy) is 1. The van der Waals surface area contributed by atoms with Crippen LogP contribution in [-0.2, 0) is 9.59 Å². The molecule has 6 heteroatoms. The summed E-state index contributed by atoms with van der Waals surface area (Å²) in [5, 5.41) is 0. The Kier molecular flexibility index (Phi) is 4.71. The molecular weight excluding hydrogens is 361 g/mol. The van der Waals surface area contributed by atoms with Crippen LogP contribution in [-0.4, -0.2) is 17.8 Å². The summed E-state index contributed by atoms with van der Waals surface area (Å²) < 4.78 is 19.3. The van der Waals surface area contributed by atoms with E-state index in [0.29, 0.717) is 18.8 Å². The van der Waals surface area contributed by atoms with E-state index in [0.717, 1.165) is 11.3 Å². The first kappa shape index (κ1) is 18.3. The second kappa shape index (κ2) is 7.19. The summed E-state index contributed by atoms with van der Waals surface area (Å²) in [5.74, 6) is -2.27. The largest absolute Gasteiger partial charge is 0.421 e. The summed E-state index contributed by atoms with van der Waals surface area (Å²) in [6, 6.07) is 11.9. The second-order valence-electron chi connectivity index (χ2n) is 7.48. The molecule has 0 N–H and O–H groups in total. The Bertz CT molecular complexity index is 957. The molecule has 1 saturated heterocycles. The van der Waals surface area contributed by atoms with E-state index in [2.05, 4.69) is 6.92 Å². The van der Waals surface area contributed by atoms with Gasteiger partial charge in [0.25, 0.3) is 0 Å². The lowest BCUT2D eigenvalue weighted by atomic mass is 9.76. The predicted molar refractivity (Wildman–Crippen MR) is 100 cm³/mol. The summed E-state index contributed by atoms with van der Waals surface area (Å²) in [5.41, 5.74) is 0.0168. The SMILES string of the molecule is C[C@H]1CC[C@@H]2C(=O)N(c3ccccc3OC(=O)c3ccccc3F)C(=O)[C@@H]2C1. The third-order valence-electron chi connectivity index (χ3n) is 5.59. The average molecular weight is 381 g/mol. The van der Waals surface area contributed by atoms with Crippen molar-refractivity contribution in [2.75, 3.05) is 4.90 Å². The van der Waals surface area contributed by atoms with Gasteiger partial charge in [-0.1, -0.05) is 31.2 Å². The maximum Gasteiger partial charge on any atom is 0.346 e. The molecule has 2 fully saturated rings. The van der Waals surface area contributed by atoms with E-state index < -0.39 is 11.8 Å². The molecular formula is C22H20FNO4. The number of carbonyl (C=O) groups is 3. The van der Waals surface area contributed by atoms with Gasteiger partial charge in [0.1, 0.15) is 5.82 Å². The van der Waals surface area contributed by atoms with Gasteiger partial charge < -0.3 is 4.74 Å². The Morgan fingerprint density at radius 3 is 2.46 bits per heavy atom. The molecule has 0 radical (unpaired) electrons. The average Bonchev–Trinajstić information content (AvgIpc) is 2.92. The number of carbonyl (C=O) groups excluding carboxylic acids is 3. The standard InChI is InChI=1S/C22H20FNO4/c1-13-10-11-14-16(12-13)21(26)24(20(14)25)18-8-4-5-9-19(18)28-22(27)15-6-2-3-7-17(15)23/h2-9,13-14,16H,10-12H2,1H3/t13-,14-,16+/m0/s1. The molecule has 1 aliphatic carbocycles. The third kappa shape index (κ3) is 3.09. The van der Waals surface area contributed by atoms with E-state index >= 15 is 0 Å². The number of fused-ring (bicyclic) bond motifs is 1. The van der Waals surface area contributed by atoms with Gasteiger partial charge in [-0.2, -0.15) is 0 Å². The van der Waals surface area contributed by atoms with Crippen LogP contribution in [0.5, 0.6) is 5.75 Å². The number of anilines is 1. The molecule has 2 amide bonds. The lowest BCUT2D eigenvalue weighted by molar-refractivity contribution is -0.122. The molecule has 4 rings (SSSR count). The minimum atomic E-state index is -0.879. The molecule has 0 unspecified atom stereocenters. The van der Waals surface area contributed by atoms with Gasteiger partial charge in [-0.25, -0.2) is 14.1 Å². The van der Waals surface area contributed by atoms with Crippen molar-refractivity contribution in [1.29, 1.82) is 0 Å². The van der Waals surface area contributed by atoms with Crippen LogP contribution in [0.3, 0.4) is 0 Å². The molecule has 0 bridgehead atoms. The van der Waals surface area contributed by atoms with Crippen molar-refractivity contribution >= 4 is 23.5 Å². The Hall–Kier alpha value is -3.02. The van der Waals surface area contributed by atoms with Crippen molar-refractivity contribution < 1.29 is 23.5 Å². The van der Waals surface area contributed by atoms with Crippen LogP contribution in [0.1, 0.15) is 36.5 Å². The molecule has 1 heterocycles. The molecule has 3 atom stereocenters. The van der Waals surface area contributed by atoms with Crippen LogP contribution in [0.25, 0.3) is 0 Å². The van der Waals surface area contributed by atoms with Gasteiger partial charge in [-0.3, -0.25) is 9.59 Å². The van der Waals surface area contributed by atoms with E-state index in [9.17, 15) is 18.8 Å². The van der Waals surface area contributed by atoms with Gasteiger partial charge in [-0.15, -0.1) is 0 Å². The van der Waals surface area contributed by atoms with Crippen molar-refractivity contribution in [2.45, 2.75) is 26.2 Å². The fourth-order valence-corrected chi connectivity index (χ4v) is 4.14. The van der Waals surface area contributed by atoms with Crippen LogP contribution in [0.4, 0.5) is 10.1 Å². The Balaban J connectivity index is 1.65. The number of benzene rings is 2. The maximum atomic E-state index is 13.9. The lowest BCUT2D eigenvalue weighted by Gasteiger charge is -2.25. The molecule has 2 aromatic rings. The van der Waals surface area contributed by atoms with Gasteiger partial charge in [0.05, 0.1) is 23.1 Å². The molecule has 0 aromatic heterocycles. The predicted octanol–water partition coefficient (Wildman–Crippen LogP) is 3.97. The zero-order chi connectivity index (χ0) is 19.8. The number of para-hydroxylation sites is 2. The molecule has 1 saturated carbocycles.